The molecule has 0 aliphatic carbocycles. The predicted molar refractivity (Wildman–Crippen MR) is 98.0 cm³/mol. The van der Waals surface area contributed by atoms with Gasteiger partial charge in [0.2, 0.25) is 0 Å². The van der Waals surface area contributed by atoms with Crippen molar-refractivity contribution in [1.29, 1.82) is 0 Å². The maximum Gasteiger partial charge on any atom is 0.250 e. The van der Waals surface area contributed by atoms with Crippen molar-refractivity contribution in [2.75, 3.05) is 0 Å². The van der Waals surface area contributed by atoms with E-state index in [0.29, 0.717) is 12.1 Å². The monoisotopic (exact) mass is 336 g/mol. The van der Waals surface area contributed by atoms with Gasteiger partial charge in [-0.15, -0.1) is 0 Å². The van der Waals surface area contributed by atoms with Gasteiger partial charge in [-0.2, -0.15) is 0 Å². The average molecular weight is 336 g/mol. The van der Waals surface area contributed by atoms with Crippen LogP contribution in [0.4, 0.5) is 4.39 Å². The van der Waals surface area contributed by atoms with E-state index in [4.69, 9.17) is 5.73 Å². The summed E-state index contributed by atoms with van der Waals surface area (Å²) >= 11 is 0. The molecular formula is C21H21FN2O. The topological polar surface area (TPSA) is 48.0 Å². The van der Waals surface area contributed by atoms with Gasteiger partial charge in [0, 0.05) is 17.9 Å². The van der Waals surface area contributed by atoms with Crippen LogP contribution in [-0.2, 0) is 13.0 Å². The predicted octanol–water partition coefficient (Wildman–Crippen LogP) is 4.25. The first-order chi connectivity index (χ1) is 12.0. The quantitative estimate of drug-likeness (QED) is 0.744. The Morgan fingerprint density at radius 1 is 1.04 bits per heavy atom. The summed E-state index contributed by atoms with van der Waals surface area (Å²) in [6, 6.07) is 16.5. The molecule has 2 N–H and O–H groups in total. The highest BCUT2D eigenvalue weighted by Crippen LogP contribution is 2.26. The molecule has 128 valence electrons. The van der Waals surface area contributed by atoms with E-state index in [1.807, 2.05) is 44.2 Å². The van der Waals surface area contributed by atoms with E-state index >= 15 is 0 Å². The zero-order chi connectivity index (χ0) is 18.0. The van der Waals surface area contributed by atoms with Gasteiger partial charge in [-0.1, -0.05) is 42.0 Å². The van der Waals surface area contributed by atoms with Gasteiger partial charge < -0.3 is 10.3 Å². The minimum atomic E-state index is -0.425. The number of hydrogen-bond donors (Lipinski definition) is 1. The molecule has 0 saturated carbocycles. The molecule has 3 nitrogen and oxygen atoms in total. The van der Waals surface area contributed by atoms with Crippen LogP contribution in [0.1, 0.15) is 27.2 Å². The fraction of sp³-hybridized carbons (Fsp3) is 0.190. The van der Waals surface area contributed by atoms with Crippen molar-refractivity contribution in [3.63, 3.8) is 0 Å². The molecule has 0 aliphatic rings. The van der Waals surface area contributed by atoms with Gasteiger partial charge in [-0.05, 0) is 49.6 Å². The SMILES string of the molecule is Cc1ccc(-c2cc(C(N)=O)c(C)n2CCc2ccc(F)cc2)cc1. The standard InChI is InChI=1S/C21H21FN2O/c1-14-3-7-17(8-4-14)20-13-19(21(23)25)15(2)24(20)12-11-16-5-9-18(22)10-6-16/h3-10,13H,11-12H2,1-2H3,(H2,23,25). The molecule has 1 heterocycles. The first kappa shape index (κ1) is 17.0. The number of benzene rings is 2. The Kier molecular flexibility index (Phi) is 4.70. The summed E-state index contributed by atoms with van der Waals surface area (Å²) in [7, 11) is 0. The lowest BCUT2D eigenvalue weighted by molar-refractivity contribution is 0.0999. The highest BCUT2D eigenvalue weighted by atomic mass is 19.1. The Morgan fingerprint density at radius 2 is 1.68 bits per heavy atom. The van der Waals surface area contributed by atoms with Crippen LogP contribution in [0.2, 0.25) is 0 Å². The van der Waals surface area contributed by atoms with E-state index < -0.39 is 5.91 Å². The number of aryl methyl sites for hydroxylation is 2. The van der Waals surface area contributed by atoms with Gasteiger partial charge in [0.15, 0.2) is 0 Å². The fourth-order valence-electron chi connectivity index (χ4n) is 3.04. The molecule has 2 aromatic carbocycles. The molecule has 0 fully saturated rings. The van der Waals surface area contributed by atoms with Crippen molar-refractivity contribution in [2.45, 2.75) is 26.8 Å². The highest BCUT2D eigenvalue weighted by Gasteiger charge is 2.16. The smallest absolute Gasteiger partial charge is 0.250 e. The maximum absolute atomic E-state index is 13.1. The van der Waals surface area contributed by atoms with E-state index in [-0.39, 0.29) is 5.82 Å². The molecular weight excluding hydrogens is 315 g/mol. The minimum absolute atomic E-state index is 0.239. The number of rotatable bonds is 5. The third-order valence-electron chi connectivity index (χ3n) is 4.52. The van der Waals surface area contributed by atoms with Crippen molar-refractivity contribution in [3.05, 3.63) is 82.8 Å². The van der Waals surface area contributed by atoms with Crippen molar-refractivity contribution in [1.82, 2.24) is 4.57 Å². The number of nitrogens with two attached hydrogens (primary N) is 1. The summed E-state index contributed by atoms with van der Waals surface area (Å²) in [6.45, 7) is 4.63. The Bertz CT molecular complexity index is 893. The number of halogens is 1. The third-order valence-corrected chi connectivity index (χ3v) is 4.52. The second-order valence-corrected chi connectivity index (χ2v) is 6.29. The van der Waals surface area contributed by atoms with Crippen LogP contribution >= 0.6 is 0 Å². The first-order valence-corrected chi connectivity index (χ1v) is 8.27. The van der Waals surface area contributed by atoms with Gasteiger partial charge in [-0.3, -0.25) is 4.79 Å². The molecule has 0 unspecified atom stereocenters. The molecule has 0 saturated heterocycles. The molecule has 0 bridgehead atoms. The number of carbonyl (C=O) groups is 1. The van der Waals surface area contributed by atoms with Crippen molar-refractivity contribution < 1.29 is 9.18 Å². The molecule has 25 heavy (non-hydrogen) atoms. The Morgan fingerprint density at radius 3 is 2.28 bits per heavy atom. The maximum atomic E-state index is 13.1. The number of carbonyl (C=O) groups excluding carboxylic acids is 1. The second kappa shape index (κ2) is 6.93. The summed E-state index contributed by atoms with van der Waals surface area (Å²) in [5, 5.41) is 0. The van der Waals surface area contributed by atoms with E-state index in [2.05, 4.69) is 4.57 Å². The van der Waals surface area contributed by atoms with Gasteiger partial charge in [0.25, 0.3) is 5.91 Å². The Labute approximate surface area is 146 Å². The van der Waals surface area contributed by atoms with Gasteiger partial charge >= 0.3 is 0 Å². The highest BCUT2D eigenvalue weighted by molar-refractivity contribution is 5.95. The van der Waals surface area contributed by atoms with Crippen molar-refractivity contribution >= 4 is 5.91 Å². The second-order valence-electron chi connectivity index (χ2n) is 6.29. The van der Waals surface area contributed by atoms with Gasteiger partial charge in [0.05, 0.1) is 5.56 Å². The van der Waals surface area contributed by atoms with Crippen LogP contribution in [0, 0.1) is 19.7 Å². The summed E-state index contributed by atoms with van der Waals surface area (Å²) in [5.41, 5.74) is 11.2. The molecule has 0 radical (unpaired) electrons. The largest absolute Gasteiger partial charge is 0.366 e. The number of primary amides is 1. The van der Waals surface area contributed by atoms with Crippen molar-refractivity contribution in [2.24, 2.45) is 5.73 Å². The first-order valence-electron chi connectivity index (χ1n) is 8.27. The average Bonchev–Trinajstić information content (AvgIpc) is 2.92. The summed E-state index contributed by atoms with van der Waals surface area (Å²) < 4.78 is 15.2. The third kappa shape index (κ3) is 3.63. The van der Waals surface area contributed by atoms with E-state index in [1.54, 1.807) is 12.1 Å². The molecule has 3 rings (SSSR count). The zero-order valence-corrected chi connectivity index (χ0v) is 14.4. The molecule has 0 atom stereocenters. The Balaban J connectivity index is 1.96. The summed E-state index contributed by atoms with van der Waals surface area (Å²) in [6.07, 6.45) is 0.743. The summed E-state index contributed by atoms with van der Waals surface area (Å²) in [5.74, 6) is -0.663. The number of hydrogen-bond acceptors (Lipinski definition) is 1. The summed E-state index contributed by atoms with van der Waals surface area (Å²) in [4.78, 5) is 11.8. The van der Waals surface area contributed by atoms with Crippen LogP contribution < -0.4 is 5.73 Å². The lowest BCUT2D eigenvalue weighted by Crippen LogP contribution is -2.13. The lowest BCUT2D eigenvalue weighted by atomic mass is 10.1. The van der Waals surface area contributed by atoms with E-state index in [1.165, 1.54) is 17.7 Å². The lowest BCUT2D eigenvalue weighted by Gasteiger charge is -2.12. The number of aromatic nitrogens is 1. The number of nitrogens with zero attached hydrogens (tertiary/aromatic N) is 1. The van der Waals surface area contributed by atoms with Crippen LogP contribution in [0.25, 0.3) is 11.3 Å². The molecule has 0 aliphatic heterocycles. The fourth-order valence-corrected chi connectivity index (χ4v) is 3.04. The molecule has 1 aromatic heterocycles. The zero-order valence-electron chi connectivity index (χ0n) is 14.4. The van der Waals surface area contributed by atoms with E-state index in [9.17, 15) is 9.18 Å². The molecule has 1 amide bonds. The molecule has 4 heteroatoms. The van der Waals surface area contributed by atoms with Gasteiger partial charge in [0.1, 0.15) is 5.82 Å². The van der Waals surface area contributed by atoms with E-state index in [0.717, 1.165) is 28.9 Å². The van der Waals surface area contributed by atoms with Crippen molar-refractivity contribution in [3.8, 4) is 11.3 Å². The normalized spacial score (nSPS) is 10.8. The number of amides is 1. The van der Waals surface area contributed by atoms with Crippen LogP contribution in [0.5, 0.6) is 0 Å². The van der Waals surface area contributed by atoms with Crippen LogP contribution in [0.3, 0.4) is 0 Å². The molecule has 3 aromatic rings. The Hall–Kier alpha value is -2.88. The van der Waals surface area contributed by atoms with Crippen LogP contribution in [-0.4, -0.2) is 10.5 Å². The minimum Gasteiger partial charge on any atom is -0.366 e. The van der Waals surface area contributed by atoms with Gasteiger partial charge in [-0.25, -0.2) is 4.39 Å². The van der Waals surface area contributed by atoms with Crippen LogP contribution in [0.15, 0.2) is 54.6 Å². The molecule has 0 spiro atoms.